The maximum absolute atomic E-state index is 11.1. The molecule has 1 fully saturated rings. The zero-order valence-corrected chi connectivity index (χ0v) is 11.6. The largest absolute Gasteiger partial charge is 0.491 e. The van der Waals surface area contributed by atoms with E-state index in [-0.39, 0.29) is 18.1 Å². The highest BCUT2D eigenvalue weighted by atomic mass is 16.5. The average Bonchev–Trinajstić information content (AvgIpc) is 2.77. The molecule has 1 aliphatic heterocycles. The van der Waals surface area contributed by atoms with E-state index in [4.69, 9.17) is 9.84 Å². The van der Waals surface area contributed by atoms with E-state index in [9.17, 15) is 4.79 Å². The summed E-state index contributed by atoms with van der Waals surface area (Å²) >= 11 is 0. The van der Waals surface area contributed by atoms with Gasteiger partial charge in [0, 0.05) is 18.2 Å². The molecule has 0 amide bonds. The number of aryl methyl sites for hydroxylation is 1. The van der Waals surface area contributed by atoms with Crippen LogP contribution in [0.4, 0.5) is 0 Å². The van der Waals surface area contributed by atoms with Crippen molar-refractivity contribution in [3.05, 3.63) is 29.3 Å². The van der Waals surface area contributed by atoms with Gasteiger partial charge in [-0.1, -0.05) is 12.1 Å². The van der Waals surface area contributed by atoms with Crippen molar-refractivity contribution in [1.82, 2.24) is 5.32 Å². The second-order valence-electron chi connectivity index (χ2n) is 5.39. The molecule has 104 valence electrons. The van der Waals surface area contributed by atoms with Crippen LogP contribution >= 0.6 is 0 Å². The minimum Gasteiger partial charge on any atom is -0.491 e. The van der Waals surface area contributed by atoms with Crippen LogP contribution in [0.3, 0.4) is 0 Å². The van der Waals surface area contributed by atoms with Gasteiger partial charge in [-0.05, 0) is 38.8 Å². The number of nitrogens with one attached hydrogen (secondary N) is 1. The molecule has 1 aromatic rings. The Morgan fingerprint density at radius 1 is 1.47 bits per heavy atom. The van der Waals surface area contributed by atoms with Crippen molar-refractivity contribution in [2.45, 2.75) is 39.3 Å². The molecule has 2 N–H and O–H groups in total. The predicted molar refractivity (Wildman–Crippen MR) is 73.4 cm³/mol. The summed E-state index contributed by atoms with van der Waals surface area (Å²) in [7, 11) is 0. The lowest BCUT2D eigenvalue weighted by molar-refractivity contribution is -0.141. The number of carboxylic acid groups (broad SMARTS) is 1. The fourth-order valence-electron chi connectivity index (χ4n) is 2.60. The number of aliphatic carboxylic acids is 1. The molecular weight excluding hydrogens is 242 g/mol. The summed E-state index contributed by atoms with van der Waals surface area (Å²) in [5.41, 5.74) is 2.24. The molecule has 1 aromatic carbocycles. The number of hydrogen-bond donors (Lipinski definition) is 2. The van der Waals surface area contributed by atoms with E-state index in [1.54, 1.807) is 0 Å². The highest BCUT2D eigenvalue weighted by Gasteiger charge is 2.32. The van der Waals surface area contributed by atoms with Gasteiger partial charge in [-0.3, -0.25) is 4.79 Å². The van der Waals surface area contributed by atoms with Gasteiger partial charge in [0.05, 0.1) is 12.0 Å². The second-order valence-corrected chi connectivity index (χ2v) is 5.39. The first-order valence-corrected chi connectivity index (χ1v) is 6.71. The van der Waals surface area contributed by atoms with Gasteiger partial charge in [0.25, 0.3) is 0 Å². The lowest BCUT2D eigenvalue weighted by atomic mass is 9.95. The molecule has 0 saturated carbocycles. The van der Waals surface area contributed by atoms with Gasteiger partial charge < -0.3 is 15.2 Å². The molecule has 1 aliphatic rings. The van der Waals surface area contributed by atoms with Crippen molar-refractivity contribution < 1.29 is 14.6 Å². The van der Waals surface area contributed by atoms with Crippen LogP contribution in [0.5, 0.6) is 5.75 Å². The van der Waals surface area contributed by atoms with E-state index in [0.29, 0.717) is 13.0 Å². The third kappa shape index (κ3) is 3.07. The minimum atomic E-state index is -0.727. The van der Waals surface area contributed by atoms with Gasteiger partial charge in [0.2, 0.25) is 0 Å². The van der Waals surface area contributed by atoms with Crippen molar-refractivity contribution in [1.29, 1.82) is 0 Å². The van der Waals surface area contributed by atoms with Crippen LogP contribution in [0, 0.1) is 12.8 Å². The fraction of sp³-hybridized carbons (Fsp3) is 0.533. The predicted octanol–water partition coefficient (Wildman–Crippen LogP) is 2.52. The molecular formula is C15H21NO3. The summed E-state index contributed by atoms with van der Waals surface area (Å²) in [6, 6.07) is 6.03. The Morgan fingerprint density at radius 3 is 2.79 bits per heavy atom. The average molecular weight is 263 g/mol. The van der Waals surface area contributed by atoms with Gasteiger partial charge >= 0.3 is 5.97 Å². The van der Waals surface area contributed by atoms with Crippen LogP contribution in [0.25, 0.3) is 0 Å². The topological polar surface area (TPSA) is 58.6 Å². The summed E-state index contributed by atoms with van der Waals surface area (Å²) in [5, 5.41) is 12.4. The van der Waals surface area contributed by atoms with Gasteiger partial charge in [0.1, 0.15) is 5.75 Å². The van der Waals surface area contributed by atoms with Crippen LogP contribution in [0.15, 0.2) is 18.2 Å². The van der Waals surface area contributed by atoms with Crippen molar-refractivity contribution in [2.24, 2.45) is 5.92 Å². The van der Waals surface area contributed by atoms with Crippen LogP contribution < -0.4 is 10.1 Å². The molecule has 0 aliphatic carbocycles. The number of hydrogen-bond acceptors (Lipinski definition) is 3. The summed E-state index contributed by atoms with van der Waals surface area (Å²) in [6.45, 7) is 6.55. The molecule has 0 radical (unpaired) electrons. The first kappa shape index (κ1) is 13.9. The molecule has 4 nitrogen and oxygen atoms in total. The fourth-order valence-corrected chi connectivity index (χ4v) is 2.60. The molecule has 0 aromatic heterocycles. The molecule has 1 heterocycles. The number of rotatable bonds is 4. The maximum Gasteiger partial charge on any atom is 0.307 e. The third-order valence-corrected chi connectivity index (χ3v) is 3.48. The van der Waals surface area contributed by atoms with Crippen molar-refractivity contribution in [3.8, 4) is 5.75 Å². The van der Waals surface area contributed by atoms with E-state index < -0.39 is 5.97 Å². The number of carbonyl (C=O) groups is 1. The lowest BCUT2D eigenvalue weighted by Crippen LogP contribution is -2.18. The van der Waals surface area contributed by atoms with Crippen LogP contribution in [0.1, 0.15) is 37.4 Å². The molecule has 0 spiro atoms. The number of ether oxygens (including phenoxy) is 1. The third-order valence-electron chi connectivity index (χ3n) is 3.48. The summed E-state index contributed by atoms with van der Waals surface area (Å²) < 4.78 is 5.85. The van der Waals surface area contributed by atoms with E-state index in [2.05, 4.69) is 5.32 Å². The van der Waals surface area contributed by atoms with Gasteiger partial charge in [0.15, 0.2) is 0 Å². The molecule has 1 saturated heterocycles. The quantitative estimate of drug-likeness (QED) is 0.876. The zero-order chi connectivity index (χ0) is 14.0. The molecule has 2 unspecified atom stereocenters. The SMILES string of the molecule is Cc1cccc(OC(C)C)c1C1CC(C(=O)O)CN1. The standard InChI is InChI=1S/C15H21NO3/c1-9(2)19-13-6-4-5-10(3)14(13)12-7-11(8-16-12)15(17)18/h4-6,9,11-12,16H,7-8H2,1-3H3,(H,17,18). The van der Waals surface area contributed by atoms with Gasteiger partial charge in [-0.15, -0.1) is 0 Å². The van der Waals surface area contributed by atoms with Crippen molar-refractivity contribution >= 4 is 5.97 Å². The molecule has 2 rings (SSSR count). The monoisotopic (exact) mass is 263 g/mol. The first-order valence-electron chi connectivity index (χ1n) is 6.71. The van der Waals surface area contributed by atoms with Gasteiger partial charge in [-0.25, -0.2) is 0 Å². The van der Waals surface area contributed by atoms with Crippen LogP contribution in [-0.4, -0.2) is 23.7 Å². The zero-order valence-electron chi connectivity index (χ0n) is 11.6. The summed E-state index contributed by atoms with van der Waals surface area (Å²) in [4.78, 5) is 11.1. The van der Waals surface area contributed by atoms with Crippen molar-refractivity contribution in [2.75, 3.05) is 6.54 Å². The van der Waals surface area contributed by atoms with Crippen LogP contribution in [0.2, 0.25) is 0 Å². The van der Waals surface area contributed by atoms with Gasteiger partial charge in [-0.2, -0.15) is 0 Å². The molecule has 4 heteroatoms. The molecule has 19 heavy (non-hydrogen) atoms. The minimum absolute atomic E-state index is 0.0658. The van der Waals surface area contributed by atoms with E-state index in [1.165, 1.54) is 0 Å². The molecule has 2 atom stereocenters. The van der Waals surface area contributed by atoms with Crippen molar-refractivity contribution in [3.63, 3.8) is 0 Å². The van der Waals surface area contributed by atoms with Crippen LogP contribution in [-0.2, 0) is 4.79 Å². The highest BCUT2D eigenvalue weighted by Crippen LogP contribution is 2.35. The normalized spacial score (nSPS) is 22.7. The summed E-state index contributed by atoms with van der Waals surface area (Å²) in [5.74, 6) is -0.176. The Kier molecular flexibility index (Phi) is 4.10. The molecule has 0 bridgehead atoms. The Bertz CT molecular complexity index is 470. The Morgan fingerprint density at radius 2 is 2.21 bits per heavy atom. The Balaban J connectivity index is 2.26. The Labute approximate surface area is 113 Å². The lowest BCUT2D eigenvalue weighted by Gasteiger charge is -2.20. The smallest absolute Gasteiger partial charge is 0.307 e. The second kappa shape index (κ2) is 5.61. The number of carboxylic acids is 1. The van der Waals surface area contributed by atoms with E-state index in [0.717, 1.165) is 16.9 Å². The van der Waals surface area contributed by atoms with E-state index in [1.807, 2.05) is 39.0 Å². The number of benzene rings is 1. The Hall–Kier alpha value is -1.55. The highest BCUT2D eigenvalue weighted by molar-refractivity contribution is 5.71. The first-order chi connectivity index (χ1) is 8.99. The summed E-state index contributed by atoms with van der Waals surface area (Å²) in [6.07, 6.45) is 0.728. The maximum atomic E-state index is 11.1. The van der Waals surface area contributed by atoms with E-state index >= 15 is 0 Å².